The number of rotatable bonds is 4. The van der Waals surface area contributed by atoms with Gasteiger partial charge in [0.2, 0.25) is 5.91 Å². The summed E-state index contributed by atoms with van der Waals surface area (Å²) in [5.74, 6) is -4.36. The number of methoxy groups -OCH3 is 1. The number of carbonyl (C=O) groups is 3. The molecule has 7 nitrogen and oxygen atoms in total. The van der Waals surface area contributed by atoms with Crippen LogP contribution in [0.5, 0.6) is 0 Å². The van der Waals surface area contributed by atoms with Crippen LogP contribution >= 0.6 is 0 Å². The summed E-state index contributed by atoms with van der Waals surface area (Å²) in [7, 11) is 1.21. The maximum atomic E-state index is 10.9. The van der Waals surface area contributed by atoms with Gasteiger partial charge in [0.25, 0.3) is 0 Å². The van der Waals surface area contributed by atoms with E-state index in [2.05, 4.69) is 4.74 Å². The summed E-state index contributed by atoms with van der Waals surface area (Å²) in [4.78, 5) is 32.7. The minimum atomic E-state index is -2.37. The summed E-state index contributed by atoms with van der Waals surface area (Å²) in [6.07, 6.45) is -0.652. The van der Waals surface area contributed by atoms with Crippen molar-refractivity contribution in [1.29, 1.82) is 0 Å². The first-order valence-corrected chi connectivity index (χ1v) is 3.69. The second-order valence-corrected chi connectivity index (χ2v) is 2.85. The van der Waals surface area contributed by atoms with Crippen molar-refractivity contribution in [3.63, 3.8) is 0 Å². The van der Waals surface area contributed by atoms with E-state index in [1.165, 1.54) is 7.11 Å². The average Bonchev–Trinajstić information content (AvgIpc) is 2.08. The SMILES string of the molecule is COCN1C(=O)CC1(C(=O)[O-])C(=O)[O-].[Pt+2]. The molecule has 15 heavy (non-hydrogen) atoms. The van der Waals surface area contributed by atoms with Gasteiger partial charge in [-0.1, -0.05) is 0 Å². The molecule has 0 aliphatic carbocycles. The van der Waals surface area contributed by atoms with Crippen molar-refractivity contribution >= 4 is 17.8 Å². The van der Waals surface area contributed by atoms with E-state index in [9.17, 15) is 24.6 Å². The number of β-lactam (4-membered cyclic amide) rings is 1. The van der Waals surface area contributed by atoms with Crippen LogP contribution in [0.15, 0.2) is 0 Å². The number of nitrogens with zero attached hydrogens (tertiary/aromatic N) is 1. The predicted molar refractivity (Wildman–Crippen MR) is 36.1 cm³/mol. The summed E-state index contributed by atoms with van der Waals surface area (Å²) < 4.78 is 4.49. The van der Waals surface area contributed by atoms with Gasteiger partial charge < -0.3 is 29.4 Å². The van der Waals surface area contributed by atoms with E-state index in [-0.39, 0.29) is 21.1 Å². The van der Waals surface area contributed by atoms with Crippen LogP contribution in [0, 0.1) is 0 Å². The molecular weight excluding hydrogens is 389 g/mol. The number of ether oxygens (including phenoxy) is 1. The van der Waals surface area contributed by atoms with Gasteiger partial charge in [0.05, 0.1) is 18.4 Å². The molecule has 1 fully saturated rings. The van der Waals surface area contributed by atoms with Gasteiger partial charge in [-0.2, -0.15) is 0 Å². The third-order valence-electron chi connectivity index (χ3n) is 2.10. The summed E-state index contributed by atoms with van der Waals surface area (Å²) in [5, 5.41) is 21.2. The summed E-state index contributed by atoms with van der Waals surface area (Å²) >= 11 is 0. The van der Waals surface area contributed by atoms with Gasteiger partial charge in [-0.15, -0.1) is 0 Å². The first kappa shape index (κ1) is 14.1. The van der Waals surface area contributed by atoms with E-state index in [0.29, 0.717) is 4.90 Å². The van der Waals surface area contributed by atoms with Gasteiger partial charge in [0.1, 0.15) is 12.3 Å². The standard InChI is InChI=1S/C7H9NO6.Pt/c1-14-3-8-4(9)2-7(8,5(10)11)6(12)13;/h2-3H2,1H3,(H,10,11)(H,12,13);/q;+2/p-2. The van der Waals surface area contributed by atoms with Gasteiger partial charge in [0.15, 0.2) is 0 Å². The van der Waals surface area contributed by atoms with Gasteiger partial charge >= 0.3 is 21.1 Å². The van der Waals surface area contributed by atoms with Gasteiger partial charge in [-0.05, 0) is 0 Å². The topological polar surface area (TPSA) is 110 Å². The number of aliphatic carboxylic acids is 2. The molecule has 0 aromatic heterocycles. The van der Waals surface area contributed by atoms with Crippen LogP contribution in [-0.4, -0.2) is 42.1 Å². The van der Waals surface area contributed by atoms with Crippen LogP contribution in [0.3, 0.4) is 0 Å². The monoisotopic (exact) mass is 396 g/mol. The van der Waals surface area contributed by atoms with E-state index >= 15 is 0 Å². The Hall–Kier alpha value is -0.942. The minimum absolute atomic E-state index is 0. The molecule has 0 atom stereocenters. The fourth-order valence-electron chi connectivity index (χ4n) is 1.29. The quantitative estimate of drug-likeness (QED) is 0.355. The smallest absolute Gasteiger partial charge is 0.547 e. The van der Waals surface area contributed by atoms with Crippen molar-refractivity contribution in [3.8, 4) is 0 Å². The van der Waals surface area contributed by atoms with Crippen molar-refractivity contribution in [2.75, 3.05) is 13.8 Å². The average molecular weight is 396 g/mol. The zero-order valence-electron chi connectivity index (χ0n) is 7.63. The Kier molecular flexibility index (Phi) is 4.42. The summed E-state index contributed by atoms with van der Waals surface area (Å²) in [6, 6.07) is 0. The van der Waals surface area contributed by atoms with E-state index in [0.717, 1.165) is 0 Å². The molecule has 1 rings (SSSR count). The zero-order valence-corrected chi connectivity index (χ0v) is 9.90. The van der Waals surface area contributed by atoms with Crippen molar-refractivity contribution in [2.45, 2.75) is 12.0 Å². The molecule has 0 saturated carbocycles. The number of hydrogen-bond donors (Lipinski definition) is 0. The Morgan fingerprint density at radius 3 is 2.20 bits per heavy atom. The maximum Gasteiger partial charge on any atom is 2.00 e. The van der Waals surface area contributed by atoms with Gasteiger partial charge in [0, 0.05) is 7.11 Å². The number of amides is 1. The molecule has 0 spiro atoms. The van der Waals surface area contributed by atoms with Crippen LogP contribution in [-0.2, 0) is 40.2 Å². The zero-order chi connectivity index (χ0) is 10.9. The molecule has 1 heterocycles. The maximum absolute atomic E-state index is 10.9. The first-order chi connectivity index (χ1) is 6.46. The molecule has 0 aromatic rings. The Morgan fingerprint density at radius 1 is 1.47 bits per heavy atom. The Morgan fingerprint density at radius 2 is 1.93 bits per heavy atom. The Balaban J connectivity index is 0.00000196. The molecule has 0 aromatic carbocycles. The van der Waals surface area contributed by atoms with Crippen LogP contribution < -0.4 is 10.2 Å². The largest absolute Gasteiger partial charge is 2.00 e. The van der Waals surface area contributed by atoms with E-state index in [1.807, 2.05) is 0 Å². The van der Waals surface area contributed by atoms with E-state index in [4.69, 9.17) is 0 Å². The van der Waals surface area contributed by atoms with Crippen LogP contribution in [0.4, 0.5) is 0 Å². The third kappa shape index (κ3) is 1.89. The number of carboxylic acid groups (broad SMARTS) is 2. The molecule has 0 N–H and O–H groups in total. The molecule has 8 heteroatoms. The fraction of sp³-hybridized carbons (Fsp3) is 0.571. The van der Waals surface area contributed by atoms with Crippen LogP contribution in [0.1, 0.15) is 6.42 Å². The molecule has 0 unspecified atom stereocenters. The van der Waals surface area contributed by atoms with E-state index in [1.54, 1.807) is 0 Å². The number of carbonyl (C=O) groups excluding carboxylic acids is 3. The Bertz CT molecular complexity index is 290. The van der Waals surface area contributed by atoms with Gasteiger partial charge in [-0.25, -0.2) is 0 Å². The molecule has 0 radical (unpaired) electrons. The van der Waals surface area contributed by atoms with Crippen molar-refractivity contribution in [3.05, 3.63) is 0 Å². The third-order valence-corrected chi connectivity index (χ3v) is 2.10. The normalized spacial score (nSPS) is 17.7. The fourth-order valence-corrected chi connectivity index (χ4v) is 1.29. The number of carboxylic acids is 2. The molecule has 1 amide bonds. The second kappa shape index (κ2) is 4.72. The number of likely N-dealkylation sites (tertiary alicyclic amines) is 1. The van der Waals surface area contributed by atoms with E-state index < -0.39 is 36.5 Å². The van der Waals surface area contributed by atoms with Crippen molar-refractivity contribution < 1.29 is 50.4 Å². The van der Waals surface area contributed by atoms with Crippen LogP contribution in [0.25, 0.3) is 0 Å². The van der Waals surface area contributed by atoms with Crippen LogP contribution in [0.2, 0.25) is 0 Å². The second-order valence-electron chi connectivity index (χ2n) is 2.85. The first-order valence-electron chi connectivity index (χ1n) is 3.69. The molecule has 1 aliphatic heterocycles. The molecule has 1 aliphatic rings. The molecular formula is C7H7NO6Pt. The molecule has 1 saturated heterocycles. The summed E-state index contributed by atoms with van der Waals surface area (Å²) in [6.45, 7) is -0.416. The molecule has 86 valence electrons. The molecule has 0 bridgehead atoms. The van der Waals surface area contributed by atoms with Crippen molar-refractivity contribution in [1.82, 2.24) is 4.90 Å². The van der Waals surface area contributed by atoms with Crippen molar-refractivity contribution in [2.24, 2.45) is 0 Å². The predicted octanol–water partition coefficient (Wildman–Crippen LogP) is -3.94. The Labute approximate surface area is 99.3 Å². The minimum Gasteiger partial charge on any atom is -0.547 e. The summed E-state index contributed by atoms with van der Waals surface area (Å²) in [5.41, 5.74) is -2.37. The van der Waals surface area contributed by atoms with Gasteiger partial charge in [-0.3, -0.25) is 4.79 Å². The number of hydrogen-bond acceptors (Lipinski definition) is 6.